The zero-order chi connectivity index (χ0) is 23.3. The van der Waals surface area contributed by atoms with E-state index in [1.165, 1.54) is 11.1 Å². The van der Waals surface area contributed by atoms with Gasteiger partial charge in [0.15, 0.2) is 23.0 Å². The Bertz CT molecular complexity index is 741. The zero-order valence-electron chi connectivity index (χ0n) is 20.6. The van der Waals surface area contributed by atoms with Gasteiger partial charge in [-0.25, -0.2) is 0 Å². The SMILES string of the molecule is COc1cc(CCCN(C)C)ccc1OCCOc1ccc(CCCN(C)C)cc1OC. The van der Waals surface area contributed by atoms with E-state index >= 15 is 0 Å². The molecule has 6 heteroatoms. The van der Waals surface area contributed by atoms with Gasteiger partial charge in [-0.15, -0.1) is 0 Å². The maximum Gasteiger partial charge on any atom is 0.161 e. The normalized spacial score (nSPS) is 11.1. The summed E-state index contributed by atoms with van der Waals surface area (Å²) in [7, 11) is 11.7. The second-order valence-electron chi connectivity index (χ2n) is 8.48. The van der Waals surface area contributed by atoms with Crippen LogP contribution in [0.1, 0.15) is 24.0 Å². The van der Waals surface area contributed by atoms with Crippen molar-refractivity contribution < 1.29 is 18.9 Å². The zero-order valence-corrected chi connectivity index (χ0v) is 20.6. The number of benzene rings is 2. The Labute approximate surface area is 194 Å². The predicted molar refractivity (Wildman–Crippen MR) is 131 cm³/mol. The molecular formula is C26H40N2O4. The molecule has 0 aliphatic heterocycles. The summed E-state index contributed by atoms with van der Waals surface area (Å²) in [5.74, 6) is 2.98. The fraction of sp³-hybridized carbons (Fsp3) is 0.538. The van der Waals surface area contributed by atoms with Gasteiger partial charge in [-0.2, -0.15) is 0 Å². The summed E-state index contributed by atoms with van der Waals surface area (Å²) >= 11 is 0. The Morgan fingerprint density at radius 2 is 1.00 bits per heavy atom. The Balaban J connectivity index is 1.84. The predicted octanol–water partition coefficient (Wildman–Crippen LogP) is 4.15. The first-order valence-electron chi connectivity index (χ1n) is 11.3. The second-order valence-corrected chi connectivity index (χ2v) is 8.48. The lowest BCUT2D eigenvalue weighted by molar-refractivity contribution is 0.206. The van der Waals surface area contributed by atoms with Crippen molar-refractivity contribution in [2.75, 3.05) is 68.7 Å². The molecule has 0 radical (unpaired) electrons. The van der Waals surface area contributed by atoms with Crippen LogP contribution in [0.15, 0.2) is 36.4 Å². The fourth-order valence-corrected chi connectivity index (χ4v) is 3.48. The third-order valence-electron chi connectivity index (χ3n) is 5.20. The number of ether oxygens (including phenoxy) is 4. The van der Waals surface area contributed by atoms with Gasteiger partial charge in [0.2, 0.25) is 0 Å². The first-order chi connectivity index (χ1) is 15.4. The van der Waals surface area contributed by atoms with E-state index in [-0.39, 0.29) is 0 Å². The molecule has 0 aliphatic carbocycles. The molecule has 2 aromatic carbocycles. The number of rotatable bonds is 15. The quantitative estimate of drug-likeness (QED) is 0.385. The van der Waals surface area contributed by atoms with Crippen molar-refractivity contribution in [2.45, 2.75) is 25.7 Å². The Morgan fingerprint density at radius 3 is 1.34 bits per heavy atom. The van der Waals surface area contributed by atoms with Gasteiger partial charge in [0.1, 0.15) is 13.2 Å². The molecular weight excluding hydrogens is 404 g/mol. The Hall–Kier alpha value is -2.44. The van der Waals surface area contributed by atoms with Crippen LogP contribution in [0.3, 0.4) is 0 Å². The highest BCUT2D eigenvalue weighted by Gasteiger charge is 2.09. The van der Waals surface area contributed by atoms with Crippen LogP contribution in [0.4, 0.5) is 0 Å². The molecule has 0 bridgehead atoms. The number of methoxy groups -OCH3 is 2. The molecule has 0 aliphatic rings. The van der Waals surface area contributed by atoms with Crippen LogP contribution < -0.4 is 18.9 Å². The lowest BCUT2D eigenvalue weighted by atomic mass is 10.1. The van der Waals surface area contributed by atoms with Crippen LogP contribution >= 0.6 is 0 Å². The van der Waals surface area contributed by atoms with Crippen LogP contribution in [0, 0.1) is 0 Å². The summed E-state index contributed by atoms with van der Waals surface area (Å²) in [5, 5.41) is 0. The van der Waals surface area contributed by atoms with E-state index in [9.17, 15) is 0 Å². The molecule has 178 valence electrons. The van der Waals surface area contributed by atoms with Crippen molar-refractivity contribution in [3.8, 4) is 23.0 Å². The van der Waals surface area contributed by atoms with Crippen LogP contribution in [0.25, 0.3) is 0 Å². The molecule has 0 atom stereocenters. The minimum absolute atomic E-state index is 0.421. The average molecular weight is 445 g/mol. The second kappa shape index (κ2) is 13.9. The summed E-state index contributed by atoms with van der Waals surface area (Å²) in [6, 6.07) is 12.3. The molecule has 0 saturated carbocycles. The van der Waals surface area contributed by atoms with Crippen molar-refractivity contribution in [3.05, 3.63) is 47.5 Å². The summed E-state index contributed by atoms with van der Waals surface area (Å²) < 4.78 is 22.9. The average Bonchev–Trinajstić information content (AvgIpc) is 2.77. The van der Waals surface area contributed by atoms with Crippen LogP contribution in [0.5, 0.6) is 23.0 Å². The van der Waals surface area contributed by atoms with Crippen LogP contribution in [-0.2, 0) is 12.8 Å². The van der Waals surface area contributed by atoms with Crippen LogP contribution in [-0.4, -0.2) is 78.5 Å². The lowest BCUT2D eigenvalue weighted by Gasteiger charge is -2.15. The van der Waals surface area contributed by atoms with Gasteiger partial charge in [0.05, 0.1) is 14.2 Å². The Morgan fingerprint density at radius 1 is 0.594 bits per heavy atom. The summed E-state index contributed by atoms with van der Waals surface area (Å²) in [6.45, 7) is 2.98. The van der Waals surface area contributed by atoms with E-state index in [4.69, 9.17) is 18.9 Å². The maximum absolute atomic E-state index is 5.92. The molecule has 0 unspecified atom stereocenters. The molecule has 0 aromatic heterocycles. The van der Waals surface area contributed by atoms with Gasteiger partial charge in [-0.1, -0.05) is 12.1 Å². The number of hydrogen-bond acceptors (Lipinski definition) is 6. The number of aryl methyl sites for hydroxylation is 2. The van der Waals surface area contributed by atoms with Crippen molar-refractivity contribution in [1.29, 1.82) is 0 Å². The maximum atomic E-state index is 5.92. The molecule has 0 heterocycles. The van der Waals surface area contributed by atoms with Gasteiger partial charge in [-0.05, 0) is 102 Å². The lowest BCUT2D eigenvalue weighted by Crippen LogP contribution is -2.13. The highest BCUT2D eigenvalue weighted by atomic mass is 16.5. The molecule has 6 nitrogen and oxygen atoms in total. The summed E-state index contributed by atoms with van der Waals surface area (Å²) in [6.07, 6.45) is 4.26. The minimum atomic E-state index is 0.421. The highest BCUT2D eigenvalue weighted by Crippen LogP contribution is 2.30. The summed E-state index contributed by atoms with van der Waals surface area (Å²) in [5.41, 5.74) is 2.51. The largest absolute Gasteiger partial charge is 0.493 e. The molecule has 0 N–H and O–H groups in total. The number of nitrogens with zero attached hydrogens (tertiary/aromatic N) is 2. The van der Waals surface area contributed by atoms with Crippen molar-refractivity contribution in [1.82, 2.24) is 9.80 Å². The highest BCUT2D eigenvalue weighted by molar-refractivity contribution is 5.44. The van der Waals surface area contributed by atoms with E-state index in [2.05, 4.69) is 62.3 Å². The third kappa shape index (κ3) is 8.97. The van der Waals surface area contributed by atoms with E-state index in [1.54, 1.807) is 14.2 Å². The molecule has 32 heavy (non-hydrogen) atoms. The topological polar surface area (TPSA) is 43.4 Å². The molecule has 0 fully saturated rings. The minimum Gasteiger partial charge on any atom is -0.493 e. The fourth-order valence-electron chi connectivity index (χ4n) is 3.48. The van der Waals surface area contributed by atoms with E-state index in [0.717, 1.165) is 61.8 Å². The van der Waals surface area contributed by atoms with E-state index < -0.39 is 0 Å². The molecule has 0 spiro atoms. The molecule has 2 aromatic rings. The molecule has 2 rings (SSSR count). The van der Waals surface area contributed by atoms with Gasteiger partial charge in [0, 0.05) is 0 Å². The molecule has 0 saturated heterocycles. The van der Waals surface area contributed by atoms with Gasteiger partial charge in [0.25, 0.3) is 0 Å². The van der Waals surface area contributed by atoms with Crippen molar-refractivity contribution >= 4 is 0 Å². The van der Waals surface area contributed by atoms with E-state index in [1.807, 2.05) is 12.1 Å². The van der Waals surface area contributed by atoms with Gasteiger partial charge < -0.3 is 28.7 Å². The standard InChI is InChI=1S/C26H40N2O4/c1-27(2)15-7-9-21-11-13-23(25(19-21)29-5)31-17-18-32-24-14-12-22(20-26(24)30-6)10-8-16-28(3)4/h11-14,19-20H,7-10,15-18H2,1-6H3. The Kier molecular flexibility index (Phi) is 11.2. The first kappa shape index (κ1) is 25.8. The first-order valence-corrected chi connectivity index (χ1v) is 11.3. The monoisotopic (exact) mass is 444 g/mol. The smallest absolute Gasteiger partial charge is 0.161 e. The third-order valence-corrected chi connectivity index (χ3v) is 5.20. The number of hydrogen-bond donors (Lipinski definition) is 0. The van der Waals surface area contributed by atoms with Crippen molar-refractivity contribution in [2.24, 2.45) is 0 Å². The van der Waals surface area contributed by atoms with Gasteiger partial charge in [-0.3, -0.25) is 0 Å². The van der Waals surface area contributed by atoms with E-state index in [0.29, 0.717) is 13.2 Å². The van der Waals surface area contributed by atoms with Gasteiger partial charge >= 0.3 is 0 Å². The van der Waals surface area contributed by atoms with Crippen LogP contribution in [0.2, 0.25) is 0 Å². The van der Waals surface area contributed by atoms with Crippen molar-refractivity contribution in [3.63, 3.8) is 0 Å². The summed E-state index contributed by atoms with van der Waals surface area (Å²) in [4.78, 5) is 4.39. The molecule has 0 amide bonds.